The highest BCUT2D eigenvalue weighted by Gasteiger charge is 2.29. The van der Waals surface area contributed by atoms with E-state index >= 15 is 0 Å². The number of nitrogens with zero attached hydrogens (tertiary/aromatic N) is 1. The van der Waals surface area contributed by atoms with Crippen LogP contribution in [0.25, 0.3) is 11.1 Å². The molecule has 10 nitrogen and oxygen atoms in total. The van der Waals surface area contributed by atoms with Crippen LogP contribution in [0.2, 0.25) is 0 Å². The summed E-state index contributed by atoms with van der Waals surface area (Å²) < 4.78 is 5.41. The molecule has 34 heavy (non-hydrogen) atoms. The zero-order valence-electron chi connectivity index (χ0n) is 18.0. The van der Waals surface area contributed by atoms with Crippen molar-refractivity contribution >= 4 is 11.8 Å². The molecule has 176 valence electrons. The average Bonchev–Trinajstić information content (AvgIpc) is 3.16. The molecule has 2 aromatic carbocycles. The second-order valence-corrected chi connectivity index (χ2v) is 7.96. The predicted molar refractivity (Wildman–Crippen MR) is 122 cm³/mol. The largest absolute Gasteiger partial charge is 0.449 e. The number of carbonyl (C=O) groups excluding carboxylic acids is 1. The van der Waals surface area contributed by atoms with Gasteiger partial charge >= 0.3 is 17.3 Å². The lowest BCUT2D eigenvalue weighted by molar-refractivity contribution is -0.386. The van der Waals surface area contributed by atoms with Crippen LogP contribution < -0.4 is 10.9 Å². The van der Waals surface area contributed by atoms with Gasteiger partial charge in [0.2, 0.25) is 0 Å². The normalized spacial score (nSPS) is 14.1. The molecule has 10 heteroatoms. The Morgan fingerprint density at radius 2 is 1.74 bits per heavy atom. The molecule has 1 aliphatic carbocycles. The number of H-pyrrole nitrogens is 1. The van der Waals surface area contributed by atoms with Gasteiger partial charge in [-0.3, -0.25) is 14.9 Å². The van der Waals surface area contributed by atoms with Crippen LogP contribution >= 0.6 is 0 Å². The first-order valence-electron chi connectivity index (χ1n) is 10.7. The molecular formula is C24H23N3O7. The third-order valence-electron chi connectivity index (χ3n) is 5.86. The lowest BCUT2D eigenvalue weighted by Gasteiger charge is -2.18. The fourth-order valence-electron chi connectivity index (χ4n) is 4.15. The van der Waals surface area contributed by atoms with Gasteiger partial charge in [0.15, 0.2) is 0 Å². The number of aromatic amines is 1. The zero-order chi connectivity index (χ0) is 24.2. The van der Waals surface area contributed by atoms with E-state index in [0.29, 0.717) is 0 Å². The maximum atomic E-state index is 12.2. The summed E-state index contributed by atoms with van der Waals surface area (Å²) in [5.41, 5.74) is 2.75. The Morgan fingerprint density at radius 1 is 1.12 bits per heavy atom. The second-order valence-electron chi connectivity index (χ2n) is 7.96. The van der Waals surface area contributed by atoms with Crippen molar-refractivity contribution in [2.24, 2.45) is 0 Å². The van der Waals surface area contributed by atoms with Crippen molar-refractivity contribution in [1.29, 1.82) is 0 Å². The standard InChI is InChI=1S/C24H23N3O7/c28-21(22(29)14-11-20(27(32)33)23(30)26-12-14)9-10-25-24(31)34-13-19-17-7-3-1-5-15(17)16-6-2-4-8-18(16)19/h1-8,11-12,19,21-22,28-29H,9-10,13H2,(H,25,31)(H,26,30). The molecule has 0 aliphatic heterocycles. The number of fused-ring (bicyclic) bond motifs is 3. The van der Waals surface area contributed by atoms with Crippen LogP contribution in [0, 0.1) is 10.1 Å². The molecule has 1 amide bonds. The maximum Gasteiger partial charge on any atom is 0.407 e. The van der Waals surface area contributed by atoms with E-state index in [9.17, 15) is 29.9 Å². The lowest BCUT2D eigenvalue weighted by Crippen LogP contribution is -2.31. The second kappa shape index (κ2) is 9.86. The highest BCUT2D eigenvalue weighted by Crippen LogP contribution is 2.44. The molecule has 0 radical (unpaired) electrons. The number of carbonyl (C=O) groups is 1. The van der Waals surface area contributed by atoms with E-state index in [1.54, 1.807) is 0 Å². The molecule has 2 unspecified atom stereocenters. The van der Waals surface area contributed by atoms with Crippen molar-refractivity contribution in [2.45, 2.75) is 24.5 Å². The van der Waals surface area contributed by atoms with E-state index in [1.165, 1.54) is 0 Å². The van der Waals surface area contributed by atoms with Crippen LogP contribution in [-0.4, -0.2) is 45.5 Å². The quantitative estimate of drug-likeness (QED) is 0.294. The number of ether oxygens (including phenoxy) is 1. The number of nitrogens with one attached hydrogen (secondary N) is 2. The Bertz CT molecular complexity index is 1230. The smallest absolute Gasteiger partial charge is 0.407 e. The number of aliphatic hydroxyl groups is 2. The molecule has 4 N–H and O–H groups in total. The fourth-order valence-corrected chi connectivity index (χ4v) is 4.15. The molecular weight excluding hydrogens is 442 g/mol. The van der Waals surface area contributed by atoms with E-state index in [4.69, 9.17) is 4.74 Å². The number of amides is 1. The number of alkyl carbamates (subject to hydrolysis) is 1. The lowest BCUT2D eigenvalue weighted by atomic mass is 9.98. The van der Waals surface area contributed by atoms with Crippen molar-refractivity contribution in [3.8, 4) is 11.1 Å². The molecule has 3 aromatic rings. The first kappa shape index (κ1) is 23.1. The number of nitro groups is 1. The summed E-state index contributed by atoms with van der Waals surface area (Å²) in [7, 11) is 0. The topological polar surface area (TPSA) is 155 Å². The summed E-state index contributed by atoms with van der Waals surface area (Å²) in [5.74, 6) is -0.0819. The first-order chi connectivity index (χ1) is 16.4. The van der Waals surface area contributed by atoms with Crippen molar-refractivity contribution in [3.63, 3.8) is 0 Å². The number of aromatic nitrogens is 1. The maximum absolute atomic E-state index is 12.2. The summed E-state index contributed by atoms with van der Waals surface area (Å²) >= 11 is 0. The SMILES string of the molecule is O=C(NCCC(O)C(O)c1c[nH]c(=O)c([N+](=O)[O-])c1)OCC1c2ccccc2-c2ccccc21. The number of hydrogen-bond donors (Lipinski definition) is 4. The zero-order valence-corrected chi connectivity index (χ0v) is 18.0. The minimum absolute atomic E-state index is 0.000345. The number of aliphatic hydroxyl groups excluding tert-OH is 2. The number of hydrogen-bond acceptors (Lipinski definition) is 7. The number of pyridine rings is 1. The minimum Gasteiger partial charge on any atom is -0.449 e. The Labute approximate surface area is 194 Å². The summed E-state index contributed by atoms with van der Waals surface area (Å²) in [4.78, 5) is 35.8. The van der Waals surface area contributed by atoms with Gasteiger partial charge in [0.05, 0.1) is 11.0 Å². The van der Waals surface area contributed by atoms with Crippen LogP contribution in [-0.2, 0) is 4.74 Å². The molecule has 1 aliphatic rings. The average molecular weight is 465 g/mol. The molecule has 0 spiro atoms. The van der Waals surface area contributed by atoms with Gasteiger partial charge < -0.3 is 25.3 Å². The molecule has 1 aromatic heterocycles. The monoisotopic (exact) mass is 465 g/mol. The van der Waals surface area contributed by atoms with Gasteiger partial charge in [0.1, 0.15) is 12.7 Å². The summed E-state index contributed by atoms with van der Waals surface area (Å²) in [6.07, 6.45) is -2.43. The van der Waals surface area contributed by atoms with E-state index in [-0.39, 0.29) is 31.1 Å². The first-order valence-corrected chi connectivity index (χ1v) is 10.7. The summed E-state index contributed by atoms with van der Waals surface area (Å²) in [6.45, 7) is 0.145. The summed E-state index contributed by atoms with van der Waals surface area (Å²) in [6, 6.07) is 16.8. The number of benzene rings is 2. The molecule has 2 atom stereocenters. The van der Waals surface area contributed by atoms with Crippen molar-refractivity contribution in [1.82, 2.24) is 10.3 Å². The van der Waals surface area contributed by atoms with Crippen LogP contribution in [0.4, 0.5) is 10.5 Å². The predicted octanol–water partition coefficient (Wildman–Crippen LogP) is 2.61. The van der Waals surface area contributed by atoms with Crippen LogP contribution in [0.5, 0.6) is 0 Å². The van der Waals surface area contributed by atoms with Gasteiger partial charge in [0.25, 0.3) is 0 Å². The summed E-state index contributed by atoms with van der Waals surface area (Å²) in [5, 5.41) is 33.9. The molecule has 0 bridgehead atoms. The Kier molecular flexibility index (Phi) is 6.71. The van der Waals surface area contributed by atoms with Gasteiger partial charge in [-0.25, -0.2) is 4.79 Å². The molecule has 1 heterocycles. The van der Waals surface area contributed by atoms with Gasteiger partial charge in [-0.2, -0.15) is 0 Å². The Morgan fingerprint density at radius 3 is 2.35 bits per heavy atom. The van der Waals surface area contributed by atoms with E-state index in [2.05, 4.69) is 10.3 Å². The van der Waals surface area contributed by atoms with Crippen molar-refractivity contribution < 1.29 is 24.7 Å². The van der Waals surface area contributed by atoms with Gasteiger partial charge in [-0.1, -0.05) is 48.5 Å². The van der Waals surface area contributed by atoms with Gasteiger partial charge in [-0.05, 0) is 28.7 Å². The van der Waals surface area contributed by atoms with Crippen LogP contribution in [0.3, 0.4) is 0 Å². The Hall–Kier alpha value is -4.02. The highest BCUT2D eigenvalue weighted by atomic mass is 16.6. The number of rotatable bonds is 8. The minimum atomic E-state index is -1.49. The van der Waals surface area contributed by atoms with E-state index < -0.39 is 34.5 Å². The molecule has 0 saturated carbocycles. The third kappa shape index (κ3) is 4.68. The van der Waals surface area contributed by atoms with Gasteiger partial charge in [-0.15, -0.1) is 0 Å². The van der Waals surface area contributed by atoms with E-state index in [0.717, 1.165) is 34.5 Å². The Balaban J connectivity index is 1.29. The van der Waals surface area contributed by atoms with Crippen molar-refractivity contribution in [3.05, 3.63) is 98.0 Å². The third-order valence-corrected chi connectivity index (χ3v) is 5.86. The highest BCUT2D eigenvalue weighted by molar-refractivity contribution is 5.79. The van der Waals surface area contributed by atoms with Crippen molar-refractivity contribution in [2.75, 3.05) is 13.2 Å². The van der Waals surface area contributed by atoms with Crippen LogP contribution in [0.15, 0.2) is 65.6 Å². The molecule has 4 rings (SSSR count). The molecule has 0 fully saturated rings. The van der Waals surface area contributed by atoms with Gasteiger partial charge in [0, 0.05) is 30.3 Å². The van der Waals surface area contributed by atoms with Crippen LogP contribution in [0.1, 0.15) is 35.1 Å². The molecule has 0 saturated heterocycles. The van der Waals surface area contributed by atoms with E-state index in [1.807, 2.05) is 48.5 Å². The fraction of sp³-hybridized carbons (Fsp3) is 0.250.